The van der Waals surface area contributed by atoms with E-state index >= 15 is 0 Å². The van der Waals surface area contributed by atoms with Crippen molar-refractivity contribution in [2.45, 2.75) is 6.92 Å². The maximum Gasteiger partial charge on any atom is 0.337 e. The summed E-state index contributed by atoms with van der Waals surface area (Å²) in [6, 6.07) is 5.52. The van der Waals surface area contributed by atoms with Crippen molar-refractivity contribution in [2.24, 2.45) is 0 Å². The summed E-state index contributed by atoms with van der Waals surface area (Å²) in [7, 11) is 1.39. The van der Waals surface area contributed by atoms with Gasteiger partial charge in [0.05, 0.1) is 12.7 Å². The predicted molar refractivity (Wildman–Crippen MR) is 65.3 cm³/mol. The smallest absolute Gasteiger partial charge is 0.337 e. The van der Waals surface area contributed by atoms with E-state index in [-0.39, 0.29) is 5.97 Å². The van der Waals surface area contributed by atoms with E-state index in [1.807, 2.05) is 31.2 Å². The minimum absolute atomic E-state index is 0.297. The Balaban J connectivity index is 2.98. The number of methoxy groups -OCH3 is 1. The van der Waals surface area contributed by atoms with Gasteiger partial charge >= 0.3 is 5.97 Å². The van der Waals surface area contributed by atoms with Crippen molar-refractivity contribution in [3.63, 3.8) is 0 Å². The molecule has 0 saturated carbocycles. The highest BCUT2D eigenvalue weighted by atomic mass is 79.9. The van der Waals surface area contributed by atoms with E-state index in [2.05, 4.69) is 20.7 Å². The molecule has 0 unspecified atom stereocenters. The first-order chi connectivity index (χ1) is 7.19. The van der Waals surface area contributed by atoms with Gasteiger partial charge in [-0.05, 0) is 30.2 Å². The molecule has 2 nitrogen and oxygen atoms in total. The lowest BCUT2D eigenvalue weighted by molar-refractivity contribution is 0.0600. The molecule has 0 heterocycles. The Morgan fingerprint density at radius 2 is 2.27 bits per heavy atom. The third-order valence-electron chi connectivity index (χ3n) is 2.08. The van der Waals surface area contributed by atoms with Gasteiger partial charge in [-0.2, -0.15) is 0 Å². The van der Waals surface area contributed by atoms with Crippen molar-refractivity contribution in [1.29, 1.82) is 0 Å². The first kappa shape index (κ1) is 12.0. The van der Waals surface area contributed by atoms with Crippen LogP contribution in [0.25, 0.3) is 6.08 Å². The molecule has 15 heavy (non-hydrogen) atoms. The highest BCUT2D eigenvalue weighted by molar-refractivity contribution is 9.09. The molecule has 0 N–H and O–H groups in total. The summed E-state index contributed by atoms with van der Waals surface area (Å²) in [6.45, 7) is 1.97. The number of carbonyl (C=O) groups is 1. The lowest BCUT2D eigenvalue weighted by atomic mass is 10.0. The van der Waals surface area contributed by atoms with Gasteiger partial charge in [0, 0.05) is 5.33 Å². The largest absolute Gasteiger partial charge is 0.465 e. The van der Waals surface area contributed by atoms with Gasteiger partial charge in [0.1, 0.15) is 0 Å². The SMILES string of the molecule is COC(=O)c1ccc(C=CCBr)c(C)c1. The summed E-state index contributed by atoms with van der Waals surface area (Å²) in [5.74, 6) is -0.297. The number of benzene rings is 1. The minimum atomic E-state index is -0.297. The number of halogens is 1. The molecule has 0 aliphatic rings. The summed E-state index contributed by atoms with van der Waals surface area (Å²) in [4.78, 5) is 11.2. The zero-order valence-corrected chi connectivity index (χ0v) is 10.4. The second-order valence-corrected chi connectivity index (χ2v) is 3.77. The van der Waals surface area contributed by atoms with Crippen LogP contribution in [0.3, 0.4) is 0 Å². The zero-order valence-electron chi connectivity index (χ0n) is 8.79. The lowest BCUT2D eigenvalue weighted by Gasteiger charge is -2.03. The minimum Gasteiger partial charge on any atom is -0.465 e. The van der Waals surface area contributed by atoms with Gasteiger partial charge in [-0.3, -0.25) is 0 Å². The monoisotopic (exact) mass is 268 g/mol. The number of aryl methyl sites for hydroxylation is 1. The highest BCUT2D eigenvalue weighted by Crippen LogP contribution is 2.13. The summed E-state index contributed by atoms with van der Waals surface area (Å²) >= 11 is 3.32. The number of hydrogen-bond donors (Lipinski definition) is 0. The van der Waals surface area contributed by atoms with Crippen LogP contribution >= 0.6 is 15.9 Å². The normalized spacial score (nSPS) is 10.6. The maximum atomic E-state index is 11.2. The summed E-state index contributed by atoms with van der Waals surface area (Å²) in [6.07, 6.45) is 4.03. The van der Waals surface area contributed by atoms with E-state index in [1.165, 1.54) is 7.11 Å². The molecule has 1 rings (SSSR count). The first-order valence-corrected chi connectivity index (χ1v) is 5.72. The van der Waals surface area contributed by atoms with Gasteiger partial charge < -0.3 is 4.74 Å². The molecule has 0 spiro atoms. The second kappa shape index (κ2) is 5.71. The van der Waals surface area contributed by atoms with E-state index in [9.17, 15) is 4.79 Å². The molecule has 0 aliphatic heterocycles. The van der Waals surface area contributed by atoms with Gasteiger partial charge in [-0.1, -0.05) is 34.1 Å². The number of rotatable bonds is 3. The van der Waals surface area contributed by atoms with Crippen molar-refractivity contribution in [2.75, 3.05) is 12.4 Å². The number of alkyl halides is 1. The van der Waals surface area contributed by atoms with Crippen LogP contribution < -0.4 is 0 Å². The van der Waals surface area contributed by atoms with E-state index < -0.39 is 0 Å². The van der Waals surface area contributed by atoms with Crippen molar-refractivity contribution in [3.8, 4) is 0 Å². The van der Waals surface area contributed by atoms with Crippen LogP contribution in [0, 0.1) is 6.92 Å². The van der Waals surface area contributed by atoms with Crippen molar-refractivity contribution >= 4 is 28.0 Å². The van der Waals surface area contributed by atoms with Crippen molar-refractivity contribution in [1.82, 2.24) is 0 Å². The highest BCUT2D eigenvalue weighted by Gasteiger charge is 2.05. The number of allylic oxidation sites excluding steroid dienone is 1. The van der Waals surface area contributed by atoms with Crippen LogP contribution in [0.2, 0.25) is 0 Å². The molecular weight excluding hydrogens is 256 g/mol. The fourth-order valence-electron chi connectivity index (χ4n) is 1.28. The Morgan fingerprint density at radius 1 is 1.53 bits per heavy atom. The topological polar surface area (TPSA) is 26.3 Å². The van der Waals surface area contributed by atoms with Gasteiger partial charge in [0.15, 0.2) is 0 Å². The van der Waals surface area contributed by atoms with Crippen LogP contribution in [0.4, 0.5) is 0 Å². The van der Waals surface area contributed by atoms with Gasteiger partial charge in [0.25, 0.3) is 0 Å². The molecule has 0 atom stereocenters. The molecule has 0 aliphatic carbocycles. The average molecular weight is 269 g/mol. The third-order valence-corrected chi connectivity index (χ3v) is 2.45. The maximum absolute atomic E-state index is 11.2. The molecule has 0 aromatic heterocycles. The van der Waals surface area contributed by atoms with E-state index in [0.29, 0.717) is 5.56 Å². The fourth-order valence-corrected chi connectivity index (χ4v) is 1.47. The van der Waals surface area contributed by atoms with Crippen LogP contribution in [-0.2, 0) is 4.74 Å². The van der Waals surface area contributed by atoms with Gasteiger partial charge in [-0.15, -0.1) is 0 Å². The van der Waals surface area contributed by atoms with Gasteiger partial charge in [0.2, 0.25) is 0 Å². The quantitative estimate of drug-likeness (QED) is 0.622. The summed E-state index contributed by atoms with van der Waals surface area (Å²) in [5.41, 5.74) is 2.77. The molecule has 0 radical (unpaired) electrons. The lowest BCUT2D eigenvalue weighted by Crippen LogP contribution is -2.01. The van der Waals surface area contributed by atoms with Crippen LogP contribution in [0.15, 0.2) is 24.3 Å². The third kappa shape index (κ3) is 3.20. The van der Waals surface area contributed by atoms with E-state index in [1.54, 1.807) is 6.07 Å². The fraction of sp³-hybridized carbons (Fsp3) is 0.250. The van der Waals surface area contributed by atoms with E-state index in [4.69, 9.17) is 0 Å². The first-order valence-electron chi connectivity index (χ1n) is 4.60. The predicted octanol–water partition coefficient (Wildman–Crippen LogP) is 3.19. The molecule has 0 bridgehead atoms. The Bertz CT molecular complexity index is 383. The average Bonchev–Trinajstić information content (AvgIpc) is 2.26. The molecule has 0 saturated heterocycles. The second-order valence-electron chi connectivity index (χ2n) is 3.12. The summed E-state index contributed by atoms with van der Waals surface area (Å²) < 4.78 is 4.65. The van der Waals surface area contributed by atoms with E-state index in [0.717, 1.165) is 16.5 Å². The van der Waals surface area contributed by atoms with Crippen LogP contribution in [0.5, 0.6) is 0 Å². The Morgan fingerprint density at radius 3 is 2.80 bits per heavy atom. The molecule has 1 aromatic carbocycles. The Kier molecular flexibility index (Phi) is 4.56. The molecule has 0 fully saturated rings. The van der Waals surface area contributed by atoms with Gasteiger partial charge in [-0.25, -0.2) is 4.79 Å². The standard InChI is InChI=1S/C12H13BrO2/c1-9-8-11(12(14)15-2)6-5-10(9)4-3-7-13/h3-6,8H,7H2,1-2H3. The van der Waals surface area contributed by atoms with Crippen molar-refractivity contribution in [3.05, 3.63) is 41.0 Å². The Labute approximate surface area is 98.1 Å². The van der Waals surface area contributed by atoms with Crippen LogP contribution in [0.1, 0.15) is 21.5 Å². The number of ether oxygens (including phenoxy) is 1. The summed E-state index contributed by atoms with van der Waals surface area (Å²) in [5, 5.41) is 0.825. The van der Waals surface area contributed by atoms with Crippen LogP contribution in [-0.4, -0.2) is 18.4 Å². The molecule has 0 amide bonds. The molecule has 1 aromatic rings. The molecular formula is C12H13BrO2. The number of esters is 1. The number of carbonyl (C=O) groups excluding carboxylic acids is 1. The zero-order chi connectivity index (χ0) is 11.3. The Hall–Kier alpha value is -1.09. The molecule has 3 heteroatoms. The van der Waals surface area contributed by atoms with Crippen molar-refractivity contribution < 1.29 is 9.53 Å². The number of hydrogen-bond acceptors (Lipinski definition) is 2. The molecule has 80 valence electrons.